The lowest BCUT2D eigenvalue weighted by molar-refractivity contribution is 0.577. The first-order valence-corrected chi connectivity index (χ1v) is 7.45. The van der Waals surface area contributed by atoms with Crippen LogP contribution in [0.25, 0.3) is 0 Å². The van der Waals surface area contributed by atoms with E-state index in [1.54, 1.807) is 0 Å². The molecule has 0 aliphatic heterocycles. The summed E-state index contributed by atoms with van der Waals surface area (Å²) >= 11 is 3.05. The Morgan fingerprint density at radius 3 is 2.38 bits per heavy atom. The van der Waals surface area contributed by atoms with E-state index in [2.05, 4.69) is 15.9 Å². The van der Waals surface area contributed by atoms with Crippen LogP contribution in [-0.4, -0.2) is 20.4 Å². The Morgan fingerprint density at radius 2 is 1.88 bits per heavy atom. The molecule has 0 spiro atoms. The van der Waals surface area contributed by atoms with Crippen molar-refractivity contribution in [2.24, 2.45) is 0 Å². The van der Waals surface area contributed by atoms with Crippen molar-refractivity contribution in [1.82, 2.24) is 0 Å². The number of hydrogen-bond donors (Lipinski definition) is 0. The minimum Gasteiger partial charge on any atom is -0.229 e. The molecule has 1 aromatic rings. The molecule has 0 saturated carbocycles. The summed E-state index contributed by atoms with van der Waals surface area (Å²) in [7, 11) is -3.25. The van der Waals surface area contributed by atoms with Crippen molar-refractivity contribution < 1.29 is 17.2 Å². The lowest BCUT2D eigenvalue weighted by Gasteiger charge is -2.11. The molecule has 0 aromatic heterocycles. The van der Waals surface area contributed by atoms with E-state index in [1.165, 1.54) is 6.92 Å². The number of aryl methyl sites for hydroxylation is 1. The fraction of sp³-hybridized carbons (Fsp3) is 0.400. The number of rotatable bonds is 3. The van der Waals surface area contributed by atoms with E-state index < -0.39 is 26.3 Å². The Bertz CT molecular complexity index is 500. The average Bonchev–Trinajstić information content (AvgIpc) is 2.08. The van der Waals surface area contributed by atoms with Gasteiger partial charge in [-0.1, -0.05) is 15.9 Å². The fourth-order valence-corrected chi connectivity index (χ4v) is 3.76. The third-order valence-corrected chi connectivity index (χ3v) is 4.25. The quantitative estimate of drug-likeness (QED) is 0.804. The minimum absolute atomic E-state index is 0.0218. The topological polar surface area (TPSA) is 34.1 Å². The van der Waals surface area contributed by atoms with Crippen LogP contribution in [0.15, 0.2) is 12.1 Å². The molecule has 2 nitrogen and oxygen atoms in total. The summed E-state index contributed by atoms with van der Waals surface area (Å²) in [4.78, 5) is -0.738. The molecule has 16 heavy (non-hydrogen) atoms. The normalized spacial score (nSPS) is 13.8. The Hall–Kier alpha value is -0.490. The number of halogens is 3. The molecule has 1 atom stereocenters. The number of benzene rings is 1. The maximum Gasteiger partial charge on any atom is 0.148 e. The van der Waals surface area contributed by atoms with E-state index in [-0.39, 0.29) is 16.9 Å². The summed E-state index contributed by atoms with van der Waals surface area (Å²) in [5.74, 6) is -1.43. The highest BCUT2D eigenvalue weighted by Gasteiger charge is 2.19. The van der Waals surface area contributed by atoms with Crippen LogP contribution in [0.5, 0.6) is 0 Å². The molecule has 0 N–H and O–H groups in total. The van der Waals surface area contributed by atoms with Gasteiger partial charge in [0.15, 0.2) is 0 Å². The van der Waals surface area contributed by atoms with Gasteiger partial charge in [0.1, 0.15) is 21.5 Å². The van der Waals surface area contributed by atoms with Crippen LogP contribution in [0.2, 0.25) is 0 Å². The van der Waals surface area contributed by atoms with Crippen LogP contribution < -0.4 is 0 Å². The second kappa shape index (κ2) is 4.79. The molecule has 90 valence electrons. The van der Waals surface area contributed by atoms with E-state index in [9.17, 15) is 17.2 Å². The van der Waals surface area contributed by atoms with Crippen molar-refractivity contribution in [3.05, 3.63) is 34.9 Å². The van der Waals surface area contributed by atoms with Gasteiger partial charge < -0.3 is 0 Å². The maximum atomic E-state index is 13.5. The first kappa shape index (κ1) is 13.6. The Balaban J connectivity index is 3.09. The van der Waals surface area contributed by atoms with Gasteiger partial charge in [0.2, 0.25) is 0 Å². The molecule has 0 saturated heterocycles. The second-order valence-corrected chi connectivity index (χ2v) is 6.97. The van der Waals surface area contributed by atoms with E-state index in [0.717, 1.165) is 18.4 Å². The van der Waals surface area contributed by atoms with Crippen molar-refractivity contribution >= 4 is 25.8 Å². The maximum absolute atomic E-state index is 13.5. The van der Waals surface area contributed by atoms with E-state index in [0.29, 0.717) is 0 Å². The lowest BCUT2D eigenvalue weighted by atomic mass is 10.1. The zero-order chi connectivity index (χ0) is 12.5. The summed E-state index contributed by atoms with van der Waals surface area (Å²) in [6, 6.07) is 2.08. The predicted octanol–water partition coefficient (Wildman–Crippen LogP) is 2.75. The molecular weight excluding hydrogens is 302 g/mol. The first-order valence-electron chi connectivity index (χ1n) is 4.48. The monoisotopic (exact) mass is 312 g/mol. The molecule has 1 aromatic carbocycles. The molecule has 0 amide bonds. The molecule has 1 unspecified atom stereocenters. The Labute approximate surface area is 102 Å². The van der Waals surface area contributed by atoms with Crippen LogP contribution in [0.4, 0.5) is 8.78 Å². The SMILES string of the molecule is Cc1cc(F)c(C(Br)CS(C)(=O)=O)cc1F. The van der Waals surface area contributed by atoms with E-state index in [1.807, 2.05) is 0 Å². The zero-order valence-corrected chi connectivity index (χ0v) is 11.2. The van der Waals surface area contributed by atoms with Crippen molar-refractivity contribution in [2.45, 2.75) is 11.8 Å². The summed E-state index contributed by atoms with van der Waals surface area (Å²) in [5, 5.41) is 0. The van der Waals surface area contributed by atoms with Crippen LogP contribution in [0, 0.1) is 18.6 Å². The van der Waals surface area contributed by atoms with Gasteiger partial charge in [-0.15, -0.1) is 0 Å². The zero-order valence-electron chi connectivity index (χ0n) is 8.80. The van der Waals surface area contributed by atoms with Gasteiger partial charge in [-0.2, -0.15) is 0 Å². The summed E-state index contributed by atoms with van der Waals surface area (Å²) in [5.41, 5.74) is 0.217. The van der Waals surface area contributed by atoms with Gasteiger partial charge in [0.05, 0.1) is 10.6 Å². The Kier molecular flexibility index (Phi) is 4.07. The molecule has 0 aliphatic carbocycles. The molecule has 0 fully saturated rings. The summed E-state index contributed by atoms with van der Waals surface area (Å²) in [6.45, 7) is 1.45. The van der Waals surface area contributed by atoms with E-state index in [4.69, 9.17) is 0 Å². The van der Waals surface area contributed by atoms with Crippen molar-refractivity contribution in [3.8, 4) is 0 Å². The first-order chi connectivity index (χ1) is 7.20. The van der Waals surface area contributed by atoms with Crippen molar-refractivity contribution in [2.75, 3.05) is 12.0 Å². The van der Waals surface area contributed by atoms with Gasteiger partial charge in [0, 0.05) is 11.8 Å². The molecule has 1 rings (SSSR count). The smallest absolute Gasteiger partial charge is 0.148 e. The summed E-state index contributed by atoms with van der Waals surface area (Å²) in [6.07, 6.45) is 1.05. The highest BCUT2D eigenvalue weighted by molar-refractivity contribution is 9.09. The number of alkyl halides is 1. The highest BCUT2D eigenvalue weighted by Crippen LogP contribution is 2.28. The van der Waals surface area contributed by atoms with Crippen LogP contribution in [0.3, 0.4) is 0 Å². The second-order valence-electron chi connectivity index (χ2n) is 3.68. The minimum atomic E-state index is -3.25. The van der Waals surface area contributed by atoms with Gasteiger partial charge in [-0.25, -0.2) is 17.2 Å². The summed E-state index contributed by atoms with van der Waals surface area (Å²) < 4.78 is 48.7. The predicted molar refractivity (Wildman–Crippen MR) is 62.5 cm³/mol. The largest absolute Gasteiger partial charge is 0.229 e. The van der Waals surface area contributed by atoms with Gasteiger partial charge in [0.25, 0.3) is 0 Å². The van der Waals surface area contributed by atoms with Crippen molar-refractivity contribution in [1.29, 1.82) is 0 Å². The fourth-order valence-electron chi connectivity index (χ4n) is 1.26. The van der Waals surface area contributed by atoms with Crippen LogP contribution in [-0.2, 0) is 9.84 Å². The van der Waals surface area contributed by atoms with Crippen LogP contribution >= 0.6 is 15.9 Å². The third-order valence-electron chi connectivity index (χ3n) is 2.06. The molecule has 6 heteroatoms. The molecular formula is C10H11BrF2O2S. The van der Waals surface area contributed by atoms with Gasteiger partial charge in [-0.05, 0) is 24.6 Å². The highest BCUT2D eigenvalue weighted by atomic mass is 79.9. The van der Waals surface area contributed by atoms with E-state index >= 15 is 0 Å². The van der Waals surface area contributed by atoms with Gasteiger partial charge in [-0.3, -0.25) is 0 Å². The molecule has 0 radical (unpaired) electrons. The average molecular weight is 313 g/mol. The lowest BCUT2D eigenvalue weighted by Crippen LogP contribution is -2.10. The molecule has 0 aliphatic rings. The third kappa shape index (κ3) is 3.52. The van der Waals surface area contributed by atoms with Crippen molar-refractivity contribution in [3.63, 3.8) is 0 Å². The standard InChI is InChI=1S/C10H11BrF2O2S/c1-6-3-10(13)7(4-9(6)12)8(11)5-16(2,14)15/h3-4,8H,5H2,1-2H3. The number of hydrogen-bond acceptors (Lipinski definition) is 2. The Morgan fingerprint density at radius 1 is 1.31 bits per heavy atom. The van der Waals surface area contributed by atoms with Gasteiger partial charge >= 0.3 is 0 Å². The van der Waals surface area contributed by atoms with Crippen LogP contribution in [0.1, 0.15) is 16.0 Å². The molecule has 0 bridgehead atoms. The number of sulfone groups is 1. The molecule has 0 heterocycles.